The number of nitrogens with zero attached hydrogens (tertiary/aromatic N) is 4. The summed E-state index contributed by atoms with van der Waals surface area (Å²) >= 11 is 0. The fourth-order valence-electron chi connectivity index (χ4n) is 2.15. The Hall–Kier alpha value is -2.76. The number of hydrogen-bond acceptors (Lipinski definition) is 4. The molecule has 0 fully saturated rings. The second-order valence-electron chi connectivity index (χ2n) is 4.01. The van der Waals surface area contributed by atoms with Gasteiger partial charge in [0, 0.05) is 12.4 Å². The molecule has 6 heteroatoms. The van der Waals surface area contributed by atoms with Crippen molar-refractivity contribution >= 4 is 27.5 Å². The molecule has 0 spiro atoms. The van der Waals surface area contributed by atoms with Gasteiger partial charge in [0.05, 0.1) is 28.1 Å². The molecule has 0 aromatic carbocycles. The average Bonchev–Trinajstić information content (AvgIpc) is 2.79. The van der Waals surface area contributed by atoms with Gasteiger partial charge in [0.1, 0.15) is 6.33 Å². The molecule has 0 aliphatic heterocycles. The number of hydrogen-bond donors (Lipinski definition) is 1. The van der Waals surface area contributed by atoms with E-state index >= 15 is 0 Å². The largest absolute Gasteiger partial charge is 0.350 e. The highest BCUT2D eigenvalue weighted by Gasteiger charge is 2.11. The normalized spacial score (nSPS) is 11.6. The Balaban J connectivity index is 2.38. The quantitative estimate of drug-likeness (QED) is 0.497. The van der Waals surface area contributed by atoms with E-state index in [9.17, 15) is 4.79 Å². The molecule has 0 amide bonds. The van der Waals surface area contributed by atoms with E-state index in [1.54, 1.807) is 35.5 Å². The van der Waals surface area contributed by atoms with E-state index in [1.165, 1.54) is 0 Å². The molecule has 18 heavy (non-hydrogen) atoms. The first kappa shape index (κ1) is 9.29. The minimum Gasteiger partial charge on any atom is -0.350 e. The van der Waals surface area contributed by atoms with Crippen LogP contribution < -0.4 is 5.43 Å². The fourth-order valence-corrected chi connectivity index (χ4v) is 2.15. The van der Waals surface area contributed by atoms with E-state index in [0.29, 0.717) is 21.9 Å². The van der Waals surface area contributed by atoms with Gasteiger partial charge in [-0.2, -0.15) is 5.10 Å². The summed E-state index contributed by atoms with van der Waals surface area (Å²) in [4.78, 5) is 23.5. The molecular weight excluding hydrogens is 230 g/mol. The lowest BCUT2D eigenvalue weighted by molar-refractivity contribution is 0.936. The second kappa shape index (κ2) is 3.13. The average molecular weight is 237 g/mol. The first-order valence-corrected chi connectivity index (χ1v) is 5.43. The van der Waals surface area contributed by atoms with E-state index in [2.05, 4.69) is 20.1 Å². The topological polar surface area (TPSA) is 75.9 Å². The van der Waals surface area contributed by atoms with Crippen LogP contribution in [0.5, 0.6) is 0 Å². The predicted molar refractivity (Wildman–Crippen MR) is 66.4 cm³/mol. The first-order chi connectivity index (χ1) is 8.84. The first-order valence-electron chi connectivity index (χ1n) is 5.43. The predicted octanol–water partition coefficient (Wildman–Crippen LogP) is 1.12. The third kappa shape index (κ3) is 1.06. The van der Waals surface area contributed by atoms with Gasteiger partial charge in [0.25, 0.3) is 0 Å². The number of H-pyrrole nitrogens is 1. The molecule has 0 aliphatic carbocycles. The molecule has 0 saturated heterocycles. The number of rotatable bonds is 0. The Morgan fingerprint density at radius 2 is 2.06 bits per heavy atom. The van der Waals surface area contributed by atoms with Gasteiger partial charge in [-0.25, -0.2) is 9.50 Å². The molecule has 0 saturated carbocycles. The Bertz CT molecular complexity index is 953. The van der Waals surface area contributed by atoms with Crippen molar-refractivity contribution in [2.45, 2.75) is 0 Å². The van der Waals surface area contributed by atoms with Crippen LogP contribution in [0.1, 0.15) is 0 Å². The maximum Gasteiger partial charge on any atom is 0.217 e. The number of aromatic amines is 1. The van der Waals surface area contributed by atoms with Crippen LogP contribution in [0.15, 0.2) is 41.8 Å². The molecule has 86 valence electrons. The zero-order chi connectivity index (χ0) is 12.1. The van der Waals surface area contributed by atoms with Gasteiger partial charge in [0.15, 0.2) is 5.52 Å². The van der Waals surface area contributed by atoms with Crippen molar-refractivity contribution in [3.05, 3.63) is 47.3 Å². The van der Waals surface area contributed by atoms with Crippen molar-refractivity contribution in [2.75, 3.05) is 0 Å². The van der Waals surface area contributed by atoms with Crippen LogP contribution in [-0.2, 0) is 0 Å². The van der Waals surface area contributed by atoms with Gasteiger partial charge in [-0.15, -0.1) is 0 Å². The molecule has 0 atom stereocenters. The van der Waals surface area contributed by atoms with Gasteiger partial charge < -0.3 is 4.98 Å². The lowest BCUT2D eigenvalue weighted by Gasteiger charge is -1.96. The summed E-state index contributed by atoms with van der Waals surface area (Å²) in [5, 5.41) is 4.85. The third-order valence-corrected chi connectivity index (χ3v) is 2.98. The maximum atomic E-state index is 12.3. The van der Waals surface area contributed by atoms with Gasteiger partial charge in [0.2, 0.25) is 5.43 Å². The zero-order valence-electron chi connectivity index (χ0n) is 9.16. The molecule has 0 bridgehead atoms. The standard InChI is InChI=1S/C12H7N5O/c18-12-7-1-3-13-5-8(7)15-10-9-2-4-14-6-17(9)16-11(10)12/h1-6,15H. The smallest absolute Gasteiger partial charge is 0.217 e. The molecule has 0 aliphatic rings. The van der Waals surface area contributed by atoms with E-state index in [-0.39, 0.29) is 5.43 Å². The fraction of sp³-hybridized carbons (Fsp3) is 0. The molecule has 1 N–H and O–H groups in total. The summed E-state index contributed by atoms with van der Waals surface area (Å²) in [5.74, 6) is 0. The summed E-state index contributed by atoms with van der Waals surface area (Å²) in [6.07, 6.45) is 6.48. The summed E-state index contributed by atoms with van der Waals surface area (Å²) in [7, 11) is 0. The SMILES string of the molecule is O=c1c2ccncc2[nH]c2c1nn1cnccc21. The van der Waals surface area contributed by atoms with E-state index in [0.717, 1.165) is 5.52 Å². The van der Waals surface area contributed by atoms with Gasteiger partial charge >= 0.3 is 0 Å². The van der Waals surface area contributed by atoms with Crippen LogP contribution in [0.25, 0.3) is 27.5 Å². The number of nitrogens with one attached hydrogen (secondary N) is 1. The van der Waals surface area contributed by atoms with Gasteiger partial charge in [-0.05, 0) is 12.1 Å². The Morgan fingerprint density at radius 3 is 3.00 bits per heavy atom. The molecule has 4 rings (SSSR count). The number of fused-ring (bicyclic) bond motifs is 4. The lowest BCUT2D eigenvalue weighted by Crippen LogP contribution is -2.04. The summed E-state index contributed by atoms with van der Waals surface area (Å²) in [5.41, 5.74) is 2.57. The van der Waals surface area contributed by atoms with Crippen LogP contribution in [0.2, 0.25) is 0 Å². The summed E-state index contributed by atoms with van der Waals surface area (Å²) < 4.78 is 1.59. The highest BCUT2D eigenvalue weighted by Crippen LogP contribution is 2.17. The zero-order valence-corrected chi connectivity index (χ0v) is 9.16. The Morgan fingerprint density at radius 1 is 1.17 bits per heavy atom. The van der Waals surface area contributed by atoms with Crippen LogP contribution in [0, 0.1) is 0 Å². The Kier molecular flexibility index (Phi) is 1.62. The molecule has 0 unspecified atom stereocenters. The van der Waals surface area contributed by atoms with Crippen molar-refractivity contribution in [1.82, 2.24) is 24.6 Å². The highest BCUT2D eigenvalue weighted by atomic mass is 16.1. The van der Waals surface area contributed by atoms with Gasteiger partial charge in [-0.1, -0.05) is 0 Å². The monoisotopic (exact) mass is 237 g/mol. The molecule has 6 nitrogen and oxygen atoms in total. The summed E-state index contributed by atoms with van der Waals surface area (Å²) in [6, 6.07) is 3.50. The molecular formula is C12H7N5O. The van der Waals surface area contributed by atoms with Crippen molar-refractivity contribution in [3.63, 3.8) is 0 Å². The molecule has 4 aromatic heterocycles. The lowest BCUT2D eigenvalue weighted by atomic mass is 10.2. The third-order valence-electron chi connectivity index (χ3n) is 2.98. The Labute approximate surface area is 99.9 Å². The highest BCUT2D eigenvalue weighted by molar-refractivity contribution is 5.97. The molecule has 4 aromatic rings. The number of aromatic nitrogens is 5. The minimum absolute atomic E-state index is 0.0927. The minimum atomic E-state index is -0.0927. The number of pyridine rings is 2. The van der Waals surface area contributed by atoms with Crippen LogP contribution >= 0.6 is 0 Å². The maximum absolute atomic E-state index is 12.3. The van der Waals surface area contributed by atoms with E-state index < -0.39 is 0 Å². The van der Waals surface area contributed by atoms with Crippen molar-refractivity contribution in [2.24, 2.45) is 0 Å². The van der Waals surface area contributed by atoms with E-state index in [4.69, 9.17) is 0 Å². The van der Waals surface area contributed by atoms with Crippen LogP contribution in [0.4, 0.5) is 0 Å². The van der Waals surface area contributed by atoms with Crippen molar-refractivity contribution < 1.29 is 0 Å². The second-order valence-corrected chi connectivity index (χ2v) is 4.01. The molecule has 0 radical (unpaired) electrons. The van der Waals surface area contributed by atoms with E-state index in [1.807, 2.05) is 6.07 Å². The molecule has 4 heterocycles. The van der Waals surface area contributed by atoms with Crippen molar-refractivity contribution in [1.29, 1.82) is 0 Å². The van der Waals surface area contributed by atoms with Crippen LogP contribution in [-0.4, -0.2) is 24.6 Å². The van der Waals surface area contributed by atoms with Crippen LogP contribution in [0.3, 0.4) is 0 Å². The summed E-state index contributed by atoms with van der Waals surface area (Å²) in [6.45, 7) is 0. The van der Waals surface area contributed by atoms with Gasteiger partial charge in [-0.3, -0.25) is 9.78 Å². The van der Waals surface area contributed by atoms with Crippen molar-refractivity contribution in [3.8, 4) is 0 Å².